The van der Waals surface area contributed by atoms with Crippen molar-refractivity contribution in [1.29, 1.82) is 0 Å². The van der Waals surface area contributed by atoms with E-state index in [0.717, 1.165) is 18.7 Å². The number of methoxy groups -OCH3 is 1. The Morgan fingerprint density at radius 1 is 1.29 bits per heavy atom. The Balaban J connectivity index is 2.95. The van der Waals surface area contributed by atoms with Crippen LogP contribution in [-0.2, 0) is 6.42 Å². The van der Waals surface area contributed by atoms with Gasteiger partial charge < -0.3 is 4.74 Å². The first-order chi connectivity index (χ1) is 6.69. The summed E-state index contributed by atoms with van der Waals surface area (Å²) in [6.07, 6.45) is 0.890. The molecular weight excluding hydrogens is 176 g/mol. The van der Waals surface area contributed by atoms with Crippen LogP contribution in [0.1, 0.15) is 16.7 Å². The molecule has 0 radical (unpaired) electrons. The van der Waals surface area contributed by atoms with E-state index >= 15 is 0 Å². The summed E-state index contributed by atoms with van der Waals surface area (Å²) >= 11 is 0. The van der Waals surface area contributed by atoms with Crippen molar-refractivity contribution in [2.75, 3.05) is 13.7 Å². The zero-order chi connectivity index (χ0) is 10.6. The summed E-state index contributed by atoms with van der Waals surface area (Å²) in [6, 6.07) is 4.23. The van der Waals surface area contributed by atoms with E-state index in [2.05, 4.69) is 31.4 Å². The van der Waals surface area contributed by atoms with E-state index in [-0.39, 0.29) is 0 Å². The van der Waals surface area contributed by atoms with E-state index in [1.807, 2.05) is 0 Å². The third kappa shape index (κ3) is 2.47. The van der Waals surface area contributed by atoms with Crippen molar-refractivity contribution in [3.63, 3.8) is 0 Å². The van der Waals surface area contributed by atoms with Gasteiger partial charge in [0.25, 0.3) is 0 Å². The minimum Gasteiger partial charge on any atom is -0.496 e. The molecule has 1 rings (SSSR count). The van der Waals surface area contributed by atoms with E-state index in [1.165, 1.54) is 16.7 Å². The highest BCUT2D eigenvalue weighted by Gasteiger charge is 2.04. The summed E-state index contributed by atoms with van der Waals surface area (Å²) in [4.78, 5) is 0. The van der Waals surface area contributed by atoms with Gasteiger partial charge in [-0.15, -0.1) is 0 Å². The van der Waals surface area contributed by atoms with Gasteiger partial charge in [-0.2, -0.15) is 0 Å². The lowest BCUT2D eigenvalue weighted by Gasteiger charge is -2.11. The average molecular weight is 194 g/mol. The van der Waals surface area contributed by atoms with Gasteiger partial charge >= 0.3 is 0 Å². The first-order valence-corrected chi connectivity index (χ1v) is 4.76. The molecule has 1 aromatic carbocycles. The topological polar surface area (TPSA) is 47.3 Å². The lowest BCUT2D eigenvalue weighted by molar-refractivity contribution is 0.408. The second-order valence-electron chi connectivity index (χ2n) is 3.45. The second-order valence-corrected chi connectivity index (χ2v) is 3.45. The van der Waals surface area contributed by atoms with E-state index in [4.69, 9.17) is 10.6 Å². The van der Waals surface area contributed by atoms with Crippen LogP contribution in [0.15, 0.2) is 12.1 Å². The van der Waals surface area contributed by atoms with Crippen molar-refractivity contribution in [2.45, 2.75) is 20.3 Å². The predicted octanol–water partition coefficient (Wildman–Crippen LogP) is 1.32. The molecule has 0 saturated carbocycles. The summed E-state index contributed by atoms with van der Waals surface area (Å²) in [5, 5.41) is 0. The van der Waals surface area contributed by atoms with Gasteiger partial charge in [0.2, 0.25) is 0 Å². The molecular formula is C11H18N2O. The van der Waals surface area contributed by atoms with Crippen LogP contribution >= 0.6 is 0 Å². The van der Waals surface area contributed by atoms with Crippen LogP contribution in [0.25, 0.3) is 0 Å². The van der Waals surface area contributed by atoms with Crippen molar-refractivity contribution in [3.8, 4) is 5.75 Å². The molecule has 0 aliphatic rings. The van der Waals surface area contributed by atoms with Gasteiger partial charge in [0.05, 0.1) is 7.11 Å². The van der Waals surface area contributed by atoms with E-state index < -0.39 is 0 Å². The number of benzene rings is 1. The SMILES string of the molecule is COc1cc(C)c(C)cc1CCNN. The Labute approximate surface area is 85.2 Å². The molecule has 0 bridgehead atoms. The summed E-state index contributed by atoms with van der Waals surface area (Å²) in [6.45, 7) is 4.95. The molecule has 0 aliphatic heterocycles. The minimum atomic E-state index is 0.763. The van der Waals surface area contributed by atoms with Gasteiger partial charge in [-0.25, -0.2) is 0 Å². The molecule has 0 saturated heterocycles. The molecule has 0 fully saturated rings. The van der Waals surface area contributed by atoms with Crippen molar-refractivity contribution >= 4 is 0 Å². The van der Waals surface area contributed by atoms with Gasteiger partial charge in [-0.1, -0.05) is 6.07 Å². The average Bonchev–Trinajstić information content (AvgIpc) is 2.19. The number of nitrogens with one attached hydrogen (secondary N) is 1. The maximum absolute atomic E-state index is 5.31. The molecule has 14 heavy (non-hydrogen) atoms. The molecule has 3 nitrogen and oxygen atoms in total. The molecule has 3 N–H and O–H groups in total. The Bertz CT molecular complexity index is 310. The lowest BCUT2D eigenvalue weighted by Crippen LogP contribution is -2.24. The summed E-state index contributed by atoms with van der Waals surface area (Å²) in [7, 11) is 1.70. The fourth-order valence-corrected chi connectivity index (χ4v) is 1.44. The van der Waals surface area contributed by atoms with Crippen LogP contribution in [0.2, 0.25) is 0 Å². The molecule has 1 aromatic rings. The number of ether oxygens (including phenoxy) is 1. The van der Waals surface area contributed by atoms with Crippen molar-refractivity contribution in [1.82, 2.24) is 5.43 Å². The number of nitrogens with two attached hydrogens (primary N) is 1. The highest BCUT2D eigenvalue weighted by Crippen LogP contribution is 2.23. The summed E-state index contributed by atoms with van der Waals surface area (Å²) in [5.74, 6) is 6.19. The normalized spacial score (nSPS) is 10.3. The molecule has 0 aromatic heterocycles. The van der Waals surface area contributed by atoms with Crippen molar-refractivity contribution < 1.29 is 4.74 Å². The first kappa shape index (κ1) is 11.0. The van der Waals surface area contributed by atoms with E-state index in [0.29, 0.717) is 0 Å². The van der Waals surface area contributed by atoms with Crippen LogP contribution < -0.4 is 16.0 Å². The molecule has 0 amide bonds. The summed E-state index contributed by atoms with van der Waals surface area (Å²) in [5.41, 5.74) is 6.39. The van der Waals surface area contributed by atoms with Gasteiger partial charge in [0.1, 0.15) is 5.75 Å². The number of hydrogen-bond donors (Lipinski definition) is 2. The third-order valence-corrected chi connectivity index (χ3v) is 2.44. The molecule has 3 heteroatoms. The quantitative estimate of drug-likeness (QED) is 0.561. The Hall–Kier alpha value is -1.06. The van der Waals surface area contributed by atoms with Gasteiger partial charge in [-0.3, -0.25) is 11.3 Å². The highest BCUT2D eigenvalue weighted by molar-refractivity contribution is 5.41. The predicted molar refractivity (Wildman–Crippen MR) is 58.4 cm³/mol. The maximum atomic E-state index is 5.31. The van der Waals surface area contributed by atoms with Crippen LogP contribution in [0, 0.1) is 13.8 Å². The number of rotatable bonds is 4. The Morgan fingerprint density at radius 3 is 2.50 bits per heavy atom. The van der Waals surface area contributed by atoms with Crippen LogP contribution in [0.5, 0.6) is 5.75 Å². The molecule has 0 unspecified atom stereocenters. The van der Waals surface area contributed by atoms with Gasteiger partial charge in [-0.05, 0) is 43.0 Å². The first-order valence-electron chi connectivity index (χ1n) is 4.76. The summed E-state index contributed by atoms with van der Waals surface area (Å²) < 4.78 is 5.31. The molecule has 0 atom stereocenters. The Kier molecular flexibility index (Phi) is 3.92. The second kappa shape index (κ2) is 4.98. The number of hydrazine groups is 1. The molecule has 78 valence electrons. The third-order valence-electron chi connectivity index (χ3n) is 2.44. The van der Waals surface area contributed by atoms with E-state index in [1.54, 1.807) is 7.11 Å². The number of aryl methyl sites for hydroxylation is 2. The fourth-order valence-electron chi connectivity index (χ4n) is 1.44. The van der Waals surface area contributed by atoms with Crippen LogP contribution in [0.4, 0.5) is 0 Å². The maximum Gasteiger partial charge on any atom is 0.122 e. The zero-order valence-corrected chi connectivity index (χ0v) is 9.05. The lowest BCUT2D eigenvalue weighted by atomic mass is 10.0. The Morgan fingerprint density at radius 2 is 1.93 bits per heavy atom. The van der Waals surface area contributed by atoms with Gasteiger partial charge in [0, 0.05) is 6.54 Å². The fraction of sp³-hybridized carbons (Fsp3) is 0.455. The number of hydrogen-bond acceptors (Lipinski definition) is 3. The molecule has 0 aliphatic carbocycles. The minimum absolute atomic E-state index is 0.763. The van der Waals surface area contributed by atoms with Gasteiger partial charge in [0.15, 0.2) is 0 Å². The smallest absolute Gasteiger partial charge is 0.122 e. The standard InChI is InChI=1S/C11H18N2O/c1-8-6-10(4-5-13-12)11(14-3)7-9(8)2/h6-7,13H,4-5,12H2,1-3H3. The van der Waals surface area contributed by atoms with Crippen LogP contribution in [-0.4, -0.2) is 13.7 Å². The van der Waals surface area contributed by atoms with Crippen LogP contribution in [0.3, 0.4) is 0 Å². The molecule has 0 heterocycles. The monoisotopic (exact) mass is 194 g/mol. The largest absolute Gasteiger partial charge is 0.496 e. The molecule has 0 spiro atoms. The van der Waals surface area contributed by atoms with E-state index in [9.17, 15) is 0 Å². The van der Waals surface area contributed by atoms with Crippen molar-refractivity contribution in [3.05, 3.63) is 28.8 Å². The highest BCUT2D eigenvalue weighted by atomic mass is 16.5. The zero-order valence-electron chi connectivity index (χ0n) is 9.05. The van der Waals surface area contributed by atoms with Crippen molar-refractivity contribution in [2.24, 2.45) is 5.84 Å².